The molecule has 1 aliphatic rings. The average molecular weight is 390 g/mol. The second kappa shape index (κ2) is 8.04. The molecule has 1 aliphatic carbocycles. The number of carbonyl (C=O) groups is 2. The first-order valence-corrected chi connectivity index (χ1v) is 9.77. The van der Waals surface area contributed by atoms with Crippen LogP contribution in [0.25, 0.3) is 10.1 Å². The number of nitro benzene ring substituents is 1. The molecule has 0 bridgehead atoms. The minimum Gasteiger partial charge on any atom is -0.451 e. The molecule has 7 nitrogen and oxygen atoms in total. The molecule has 0 atom stereocenters. The van der Waals surface area contributed by atoms with Crippen molar-refractivity contribution in [2.75, 3.05) is 13.7 Å². The summed E-state index contributed by atoms with van der Waals surface area (Å²) in [5.41, 5.74) is -0.0289. The Morgan fingerprint density at radius 2 is 1.96 bits per heavy atom. The molecule has 1 aromatic heterocycles. The van der Waals surface area contributed by atoms with E-state index >= 15 is 0 Å². The number of thiophene rings is 1. The molecule has 0 N–H and O–H groups in total. The Bertz CT molecular complexity index is 870. The van der Waals surface area contributed by atoms with Gasteiger partial charge in [0.25, 0.3) is 11.6 Å². The second-order valence-electron chi connectivity index (χ2n) is 7.08. The third kappa shape index (κ3) is 4.44. The summed E-state index contributed by atoms with van der Waals surface area (Å²) in [5.74, 6) is -0.0936. The van der Waals surface area contributed by atoms with Crippen LogP contribution in [0.1, 0.15) is 42.3 Å². The fraction of sp³-hybridized carbons (Fsp3) is 0.474. The highest BCUT2D eigenvalue weighted by molar-refractivity contribution is 7.20. The van der Waals surface area contributed by atoms with Crippen molar-refractivity contribution in [3.05, 3.63) is 39.3 Å². The van der Waals surface area contributed by atoms with Crippen LogP contribution >= 0.6 is 11.3 Å². The van der Waals surface area contributed by atoms with E-state index in [9.17, 15) is 19.7 Å². The van der Waals surface area contributed by atoms with Crippen LogP contribution in [0, 0.1) is 16.0 Å². The summed E-state index contributed by atoms with van der Waals surface area (Å²) in [6.45, 7) is 1.93. The summed E-state index contributed by atoms with van der Waals surface area (Å²) in [4.78, 5) is 37.0. The lowest BCUT2D eigenvalue weighted by molar-refractivity contribution is -0.384. The lowest BCUT2D eigenvalue weighted by Crippen LogP contribution is -2.41. The minimum atomic E-state index is -0.585. The predicted molar refractivity (Wildman–Crippen MR) is 103 cm³/mol. The first kappa shape index (κ1) is 19.3. The van der Waals surface area contributed by atoms with E-state index in [4.69, 9.17) is 4.74 Å². The monoisotopic (exact) mass is 390 g/mol. The Morgan fingerprint density at radius 1 is 1.26 bits per heavy atom. The summed E-state index contributed by atoms with van der Waals surface area (Å²) in [6.07, 6.45) is 4.17. The second-order valence-corrected chi connectivity index (χ2v) is 8.17. The Labute approximate surface area is 161 Å². The van der Waals surface area contributed by atoms with Crippen molar-refractivity contribution in [2.45, 2.75) is 38.6 Å². The molecule has 0 aliphatic heterocycles. The quantitative estimate of drug-likeness (QED) is 0.437. The zero-order chi connectivity index (χ0) is 19.6. The number of esters is 1. The van der Waals surface area contributed by atoms with Crippen molar-refractivity contribution in [2.24, 2.45) is 5.92 Å². The van der Waals surface area contributed by atoms with Crippen LogP contribution < -0.4 is 0 Å². The summed E-state index contributed by atoms with van der Waals surface area (Å²) < 4.78 is 5.93. The molecule has 144 valence electrons. The van der Waals surface area contributed by atoms with Crippen LogP contribution in [-0.4, -0.2) is 41.4 Å². The van der Waals surface area contributed by atoms with Gasteiger partial charge >= 0.3 is 5.97 Å². The summed E-state index contributed by atoms with van der Waals surface area (Å²) >= 11 is 1.19. The highest BCUT2D eigenvalue weighted by Gasteiger charge is 2.25. The van der Waals surface area contributed by atoms with Gasteiger partial charge in [-0.3, -0.25) is 14.9 Å². The van der Waals surface area contributed by atoms with Gasteiger partial charge in [-0.1, -0.05) is 6.92 Å². The molecule has 1 amide bonds. The lowest BCUT2D eigenvalue weighted by atomic mass is 9.87. The standard InChI is InChI=1S/C19H22N2O5S/c1-12-3-5-14(6-4-12)20(2)18(22)11-26-19(23)17-10-13-9-15(21(24)25)7-8-16(13)27-17/h7-10,12,14H,3-6,11H2,1-2H3. The number of fused-ring (bicyclic) bond motifs is 1. The summed E-state index contributed by atoms with van der Waals surface area (Å²) in [6, 6.07) is 6.20. The van der Waals surface area contributed by atoms with Crippen molar-refractivity contribution in [3.8, 4) is 0 Å². The molecule has 27 heavy (non-hydrogen) atoms. The van der Waals surface area contributed by atoms with Crippen molar-refractivity contribution in [3.63, 3.8) is 0 Å². The van der Waals surface area contributed by atoms with Gasteiger partial charge in [-0.25, -0.2) is 4.79 Å². The maximum Gasteiger partial charge on any atom is 0.348 e. The van der Waals surface area contributed by atoms with Gasteiger partial charge in [-0.15, -0.1) is 11.3 Å². The molecular weight excluding hydrogens is 368 g/mol. The van der Waals surface area contributed by atoms with Gasteiger partial charge in [0.15, 0.2) is 6.61 Å². The molecule has 0 spiro atoms. The Morgan fingerprint density at radius 3 is 2.63 bits per heavy atom. The van der Waals surface area contributed by atoms with E-state index in [1.54, 1.807) is 24.1 Å². The third-order valence-electron chi connectivity index (χ3n) is 5.17. The maximum atomic E-state index is 12.3. The van der Waals surface area contributed by atoms with Crippen LogP contribution in [-0.2, 0) is 9.53 Å². The number of non-ortho nitro benzene ring substituents is 1. The van der Waals surface area contributed by atoms with E-state index in [0.29, 0.717) is 16.2 Å². The zero-order valence-corrected chi connectivity index (χ0v) is 16.2. The van der Waals surface area contributed by atoms with Crippen molar-refractivity contribution in [1.29, 1.82) is 0 Å². The molecule has 1 aromatic carbocycles. The highest BCUT2D eigenvalue weighted by Crippen LogP contribution is 2.29. The van der Waals surface area contributed by atoms with Gasteiger partial charge in [-0.05, 0) is 43.7 Å². The topological polar surface area (TPSA) is 89.8 Å². The van der Waals surface area contributed by atoms with E-state index in [0.717, 1.165) is 30.4 Å². The van der Waals surface area contributed by atoms with E-state index in [-0.39, 0.29) is 24.2 Å². The van der Waals surface area contributed by atoms with Gasteiger partial charge in [-0.2, -0.15) is 0 Å². The van der Waals surface area contributed by atoms with Crippen LogP contribution in [0.3, 0.4) is 0 Å². The molecule has 1 fully saturated rings. The van der Waals surface area contributed by atoms with E-state index in [1.807, 2.05) is 0 Å². The van der Waals surface area contributed by atoms with Gasteiger partial charge in [0.2, 0.25) is 0 Å². The predicted octanol–water partition coefficient (Wildman–Crippen LogP) is 4.00. The molecule has 0 unspecified atom stereocenters. The van der Waals surface area contributed by atoms with Crippen molar-refractivity contribution >= 4 is 39.0 Å². The number of hydrogen-bond donors (Lipinski definition) is 0. The number of amides is 1. The fourth-order valence-corrected chi connectivity index (χ4v) is 4.32. The molecular formula is C19H22N2O5S. The number of hydrogen-bond acceptors (Lipinski definition) is 6. The minimum absolute atomic E-state index is 0.0289. The first-order valence-electron chi connectivity index (χ1n) is 8.96. The summed E-state index contributed by atoms with van der Waals surface area (Å²) in [5, 5.41) is 11.5. The molecule has 1 saturated carbocycles. The number of benzene rings is 1. The van der Waals surface area contributed by atoms with Gasteiger partial charge in [0.1, 0.15) is 4.88 Å². The number of rotatable bonds is 5. The van der Waals surface area contributed by atoms with Gasteiger partial charge in [0, 0.05) is 35.3 Å². The molecule has 0 saturated heterocycles. The summed E-state index contributed by atoms with van der Waals surface area (Å²) in [7, 11) is 1.76. The number of nitro groups is 1. The van der Waals surface area contributed by atoms with Crippen LogP contribution in [0.4, 0.5) is 5.69 Å². The third-order valence-corrected chi connectivity index (χ3v) is 6.26. The van der Waals surface area contributed by atoms with Gasteiger partial charge < -0.3 is 9.64 Å². The number of nitrogens with zero attached hydrogens (tertiary/aromatic N) is 2. The molecule has 1 heterocycles. The normalized spacial score (nSPS) is 19.6. The fourth-order valence-electron chi connectivity index (χ4n) is 3.38. The van der Waals surface area contributed by atoms with E-state index in [2.05, 4.69) is 6.92 Å². The SMILES string of the molecule is CC1CCC(N(C)C(=O)COC(=O)c2cc3cc([N+](=O)[O-])ccc3s2)CC1. The van der Waals surface area contributed by atoms with Gasteiger partial charge in [0.05, 0.1) is 4.92 Å². The van der Waals surface area contributed by atoms with E-state index < -0.39 is 10.9 Å². The van der Waals surface area contributed by atoms with Crippen molar-refractivity contribution < 1.29 is 19.2 Å². The molecule has 0 radical (unpaired) electrons. The Kier molecular flexibility index (Phi) is 5.74. The molecule has 8 heteroatoms. The maximum absolute atomic E-state index is 12.3. The van der Waals surface area contributed by atoms with Crippen LogP contribution in [0.5, 0.6) is 0 Å². The Hall–Kier alpha value is -2.48. The number of carbonyl (C=O) groups excluding carboxylic acids is 2. The van der Waals surface area contributed by atoms with Crippen LogP contribution in [0.2, 0.25) is 0 Å². The Balaban J connectivity index is 1.59. The number of likely N-dealkylation sites (N-methyl/N-ethyl adjacent to an activating group) is 1. The largest absolute Gasteiger partial charge is 0.451 e. The van der Waals surface area contributed by atoms with Crippen LogP contribution in [0.15, 0.2) is 24.3 Å². The smallest absolute Gasteiger partial charge is 0.348 e. The molecule has 2 aromatic rings. The molecule has 3 rings (SSSR count). The number of ether oxygens (including phenoxy) is 1. The average Bonchev–Trinajstić information content (AvgIpc) is 3.09. The highest BCUT2D eigenvalue weighted by atomic mass is 32.1. The zero-order valence-electron chi connectivity index (χ0n) is 15.3. The lowest BCUT2D eigenvalue weighted by Gasteiger charge is -2.33. The first-order chi connectivity index (χ1) is 12.8. The van der Waals surface area contributed by atoms with Crippen molar-refractivity contribution in [1.82, 2.24) is 4.90 Å². The van der Waals surface area contributed by atoms with E-state index in [1.165, 1.54) is 23.5 Å².